The highest BCUT2D eigenvalue weighted by molar-refractivity contribution is 5.87. The molecule has 21 heavy (non-hydrogen) atoms. The average Bonchev–Trinajstić information content (AvgIpc) is 2.97. The number of carboxylic acids is 1. The lowest BCUT2D eigenvalue weighted by atomic mass is 10.1. The van der Waals surface area contributed by atoms with Gasteiger partial charge in [-0.05, 0) is 29.8 Å². The second-order valence-electron chi connectivity index (χ2n) is 4.55. The Labute approximate surface area is 120 Å². The van der Waals surface area contributed by atoms with Gasteiger partial charge in [0.15, 0.2) is 0 Å². The van der Waals surface area contributed by atoms with Crippen molar-refractivity contribution in [3.8, 4) is 11.5 Å². The molecule has 2 aromatic carbocycles. The molecule has 0 atom stereocenters. The molecule has 0 saturated heterocycles. The predicted molar refractivity (Wildman–Crippen MR) is 75.9 cm³/mol. The first-order valence-corrected chi connectivity index (χ1v) is 6.42. The predicted octanol–water partition coefficient (Wildman–Crippen LogP) is 3.03. The van der Waals surface area contributed by atoms with Crippen molar-refractivity contribution < 1.29 is 14.3 Å². The van der Waals surface area contributed by atoms with Crippen molar-refractivity contribution in [2.45, 2.75) is 6.42 Å². The summed E-state index contributed by atoms with van der Waals surface area (Å²) in [6.45, 7) is 0. The maximum absolute atomic E-state index is 10.8. The molecular weight excluding hydrogens is 268 g/mol. The Balaban J connectivity index is 1.77. The van der Waals surface area contributed by atoms with E-state index in [1.165, 1.54) is 0 Å². The summed E-state index contributed by atoms with van der Waals surface area (Å²) < 4.78 is 5.61. The molecule has 0 bridgehead atoms. The minimum absolute atomic E-state index is 0.259. The van der Waals surface area contributed by atoms with E-state index in [0.717, 1.165) is 11.1 Å². The van der Waals surface area contributed by atoms with Crippen molar-refractivity contribution >= 4 is 5.97 Å². The number of carbonyl (C=O) groups is 1. The van der Waals surface area contributed by atoms with E-state index in [4.69, 9.17) is 9.52 Å². The standard InChI is InChI=1S/C16H12N2O3/c19-16(20)13-8-6-11(7-9-13)10-14-17-18-15(21-14)12-4-2-1-3-5-12/h1-9H,10H2,(H,19,20). The molecule has 3 aromatic rings. The van der Waals surface area contributed by atoms with Crippen LogP contribution in [0.25, 0.3) is 11.5 Å². The number of benzene rings is 2. The Morgan fingerprint density at radius 1 is 1.00 bits per heavy atom. The van der Waals surface area contributed by atoms with Crippen molar-refractivity contribution in [3.05, 3.63) is 71.6 Å². The van der Waals surface area contributed by atoms with Crippen LogP contribution in [0.4, 0.5) is 0 Å². The van der Waals surface area contributed by atoms with Crippen molar-refractivity contribution in [1.29, 1.82) is 0 Å². The summed E-state index contributed by atoms with van der Waals surface area (Å²) in [5.41, 5.74) is 2.05. The number of rotatable bonds is 4. The molecule has 104 valence electrons. The summed E-state index contributed by atoms with van der Waals surface area (Å²) in [6.07, 6.45) is 0.472. The molecule has 0 amide bonds. The van der Waals surface area contributed by atoms with Gasteiger partial charge in [0, 0.05) is 5.56 Å². The zero-order valence-corrected chi connectivity index (χ0v) is 11.1. The molecule has 0 aliphatic rings. The summed E-state index contributed by atoms with van der Waals surface area (Å²) in [5, 5.41) is 16.9. The minimum Gasteiger partial charge on any atom is -0.478 e. The third-order valence-corrected chi connectivity index (χ3v) is 3.04. The molecular formula is C16H12N2O3. The van der Waals surface area contributed by atoms with Gasteiger partial charge in [0.1, 0.15) is 0 Å². The normalized spacial score (nSPS) is 10.5. The molecule has 0 radical (unpaired) electrons. The Hall–Kier alpha value is -2.95. The van der Waals surface area contributed by atoms with Gasteiger partial charge < -0.3 is 9.52 Å². The van der Waals surface area contributed by atoms with Gasteiger partial charge in [0.25, 0.3) is 0 Å². The highest BCUT2D eigenvalue weighted by Gasteiger charge is 2.09. The summed E-state index contributed by atoms with van der Waals surface area (Å²) >= 11 is 0. The highest BCUT2D eigenvalue weighted by Crippen LogP contribution is 2.18. The zero-order valence-electron chi connectivity index (χ0n) is 11.1. The van der Waals surface area contributed by atoms with Crippen LogP contribution >= 0.6 is 0 Å². The molecule has 0 aliphatic carbocycles. The summed E-state index contributed by atoms with van der Waals surface area (Å²) in [7, 11) is 0. The molecule has 1 aromatic heterocycles. The SMILES string of the molecule is O=C(O)c1ccc(Cc2nnc(-c3ccccc3)o2)cc1. The van der Waals surface area contributed by atoms with Crippen LogP contribution in [-0.2, 0) is 6.42 Å². The fraction of sp³-hybridized carbons (Fsp3) is 0.0625. The Morgan fingerprint density at radius 2 is 1.71 bits per heavy atom. The lowest BCUT2D eigenvalue weighted by molar-refractivity contribution is 0.0697. The minimum atomic E-state index is -0.939. The van der Waals surface area contributed by atoms with Gasteiger partial charge in [-0.3, -0.25) is 0 Å². The lowest BCUT2D eigenvalue weighted by Gasteiger charge is -1.98. The summed E-state index contributed by atoms with van der Waals surface area (Å²) in [5.74, 6) is 0.0374. The molecule has 0 aliphatic heterocycles. The summed E-state index contributed by atoms with van der Waals surface area (Å²) in [6, 6.07) is 16.2. The molecule has 1 N–H and O–H groups in total. The third-order valence-electron chi connectivity index (χ3n) is 3.04. The van der Waals surface area contributed by atoms with E-state index in [-0.39, 0.29) is 5.56 Å². The van der Waals surface area contributed by atoms with Crippen LogP contribution in [-0.4, -0.2) is 21.3 Å². The van der Waals surface area contributed by atoms with Gasteiger partial charge in [-0.25, -0.2) is 4.79 Å². The van der Waals surface area contributed by atoms with Crippen LogP contribution in [0, 0.1) is 0 Å². The van der Waals surface area contributed by atoms with Gasteiger partial charge in [0.05, 0.1) is 12.0 Å². The number of hydrogen-bond acceptors (Lipinski definition) is 4. The molecule has 3 rings (SSSR count). The maximum Gasteiger partial charge on any atom is 0.335 e. The van der Waals surface area contributed by atoms with Gasteiger partial charge in [0.2, 0.25) is 11.8 Å². The first kappa shape index (κ1) is 13.1. The largest absolute Gasteiger partial charge is 0.478 e. The quantitative estimate of drug-likeness (QED) is 0.795. The van der Waals surface area contributed by atoms with Crippen LogP contribution in [0.5, 0.6) is 0 Å². The van der Waals surface area contributed by atoms with Crippen molar-refractivity contribution in [2.75, 3.05) is 0 Å². The molecule has 0 fully saturated rings. The average molecular weight is 280 g/mol. The molecule has 5 nitrogen and oxygen atoms in total. The number of nitrogens with zero attached hydrogens (tertiary/aromatic N) is 2. The number of carboxylic acid groups (broad SMARTS) is 1. The van der Waals surface area contributed by atoms with Gasteiger partial charge in [-0.1, -0.05) is 30.3 Å². The second kappa shape index (κ2) is 5.58. The third kappa shape index (κ3) is 2.97. The van der Waals surface area contributed by atoms with E-state index in [1.54, 1.807) is 24.3 Å². The molecule has 0 unspecified atom stereocenters. The van der Waals surface area contributed by atoms with E-state index in [1.807, 2.05) is 30.3 Å². The second-order valence-corrected chi connectivity index (χ2v) is 4.55. The van der Waals surface area contributed by atoms with Crippen molar-refractivity contribution in [3.63, 3.8) is 0 Å². The van der Waals surface area contributed by atoms with Gasteiger partial charge in [-0.15, -0.1) is 10.2 Å². The van der Waals surface area contributed by atoms with Crippen LogP contribution in [0.3, 0.4) is 0 Å². The van der Waals surface area contributed by atoms with Gasteiger partial charge >= 0.3 is 5.97 Å². The van der Waals surface area contributed by atoms with E-state index in [9.17, 15) is 4.79 Å². The van der Waals surface area contributed by atoms with E-state index >= 15 is 0 Å². The highest BCUT2D eigenvalue weighted by atomic mass is 16.4. The van der Waals surface area contributed by atoms with Gasteiger partial charge in [-0.2, -0.15) is 0 Å². The topological polar surface area (TPSA) is 76.2 Å². The zero-order chi connectivity index (χ0) is 14.7. The van der Waals surface area contributed by atoms with Crippen molar-refractivity contribution in [2.24, 2.45) is 0 Å². The Morgan fingerprint density at radius 3 is 2.38 bits per heavy atom. The fourth-order valence-electron chi connectivity index (χ4n) is 1.96. The van der Waals surface area contributed by atoms with E-state index in [2.05, 4.69) is 10.2 Å². The first-order valence-electron chi connectivity index (χ1n) is 6.42. The molecule has 5 heteroatoms. The van der Waals surface area contributed by atoms with Crippen molar-refractivity contribution in [1.82, 2.24) is 10.2 Å². The van der Waals surface area contributed by atoms with Crippen LogP contribution in [0.2, 0.25) is 0 Å². The summed E-state index contributed by atoms with van der Waals surface area (Å²) in [4.78, 5) is 10.8. The number of aromatic nitrogens is 2. The van der Waals surface area contributed by atoms with E-state index in [0.29, 0.717) is 18.2 Å². The van der Waals surface area contributed by atoms with E-state index < -0.39 is 5.97 Å². The molecule has 0 spiro atoms. The first-order chi connectivity index (χ1) is 10.2. The maximum atomic E-state index is 10.8. The molecule has 1 heterocycles. The smallest absolute Gasteiger partial charge is 0.335 e. The lowest BCUT2D eigenvalue weighted by Crippen LogP contribution is -1.96. The Bertz CT molecular complexity index is 749. The van der Waals surface area contributed by atoms with Crippen LogP contribution in [0.1, 0.15) is 21.8 Å². The monoisotopic (exact) mass is 280 g/mol. The Kier molecular flexibility index (Phi) is 3.47. The number of hydrogen-bond donors (Lipinski definition) is 1. The van der Waals surface area contributed by atoms with Crippen LogP contribution < -0.4 is 0 Å². The fourth-order valence-corrected chi connectivity index (χ4v) is 1.96. The van der Waals surface area contributed by atoms with Crippen LogP contribution in [0.15, 0.2) is 59.0 Å². The molecule has 0 saturated carbocycles. The number of aromatic carboxylic acids is 1.